The summed E-state index contributed by atoms with van der Waals surface area (Å²) in [7, 11) is 1.37. The smallest absolute Gasteiger partial charge is 0.287 e. The lowest BCUT2D eigenvalue weighted by Crippen LogP contribution is -2.31. The van der Waals surface area contributed by atoms with Crippen LogP contribution in [0.3, 0.4) is 0 Å². The van der Waals surface area contributed by atoms with Crippen LogP contribution in [0, 0.1) is 6.92 Å². The van der Waals surface area contributed by atoms with Gasteiger partial charge in [-0.1, -0.05) is 0 Å². The monoisotopic (exact) mass is 317 g/mol. The number of amides is 1. The minimum absolute atomic E-state index is 0.0221. The summed E-state index contributed by atoms with van der Waals surface area (Å²) >= 11 is 0. The largest absolute Gasteiger partial charge is 0.490 e. The van der Waals surface area contributed by atoms with Gasteiger partial charge in [0.1, 0.15) is 12.1 Å². The summed E-state index contributed by atoms with van der Waals surface area (Å²) in [5.74, 6) is 0.819. The lowest BCUT2D eigenvalue weighted by molar-refractivity contribution is 0.0918. The lowest BCUT2D eigenvalue weighted by atomic mass is 9.99. The first kappa shape index (κ1) is 15.3. The van der Waals surface area contributed by atoms with E-state index in [-0.39, 0.29) is 22.9 Å². The van der Waals surface area contributed by atoms with Crippen molar-refractivity contribution in [2.75, 3.05) is 13.7 Å². The Morgan fingerprint density at radius 3 is 3.13 bits per heavy atom. The zero-order valence-electron chi connectivity index (χ0n) is 13.2. The number of carbonyl (C=O) groups excluding carboxylic acids is 1. The Balaban J connectivity index is 1.68. The number of imidazole rings is 1. The summed E-state index contributed by atoms with van der Waals surface area (Å²) in [5, 5.41) is 2.82. The molecule has 0 spiro atoms. The standard InChI is InChI=1S/C16H19N3O4/c1-10-8-19-5-3-4-11(15(19)18-10)7-17-16(21)13-6-12(20)14(22-2)9-23-13/h6,8-9,11H,3-5,7H2,1-2H3,(H,17,21)/t11-/m1/s1. The molecule has 7 heteroatoms. The van der Waals surface area contributed by atoms with Gasteiger partial charge in [-0.2, -0.15) is 0 Å². The SMILES string of the molecule is COc1coc(C(=O)NC[C@H]2CCCn3cc(C)nc32)cc1=O. The highest BCUT2D eigenvalue weighted by atomic mass is 16.5. The molecule has 0 saturated carbocycles. The van der Waals surface area contributed by atoms with Crippen molar-refractivity contribution < 1.29 is 13.9 Å². The summed E-state index contributed by atoms with van der Waals surface area (Å²) in [6.45, 7) is 3.39. The van der Waals surface area contributed by atoms with Crippen molar-refractivity contribution in [3.8, 4) is 5.75 Å². The number of carbonyl (C=O) groups is 1. The Hall–Kier alpha value is -2.57. The number of rotatable bonds is 4. The minimum atomic E-state index is -0.412. The number of nitrogens with one attached hydrogen (secondary N) is 1. The molecule has 7 nitrogen and oxygen atoms in total. The van der Waals surface area contributed by atoms with Gasteiger partial charge in [0.15, 0.2) is 5.76 Å². The Bertz CT molecular complexity index is 778. The molecule has 1 N–H and O–H groups in total. The molecule has 23 heavy (non-hydrogen) atoms. The van der Waals surface area contributed by atoms with Gasteiger partial charge in [0.25, 0.3) is 5.91 Å². The molecule has 0 unspecified atom stereocenters. The average Bonchev–Trinajstić information content (AvgIpc) is 2.93. The zero-order valence-corrected chi connectivity index (χ0v) is 13.2. The fourth-order valence-corrected chi connectivity index (χ4v) is 2.87. The number of aryl methyl sites for hydroxylation is 2. The van der Waals surface area contributed by atoms with E-state index in [1.165, 1.54) is 7.11 Å². The van der Waals surface area contributed by atoms with Crippen LogP contribution in [0.25, 0.3) is 0 Å². The maximum absolute atomic E-state index is 12.1. The molecule has 0 radical (unpaired) electrons. The summed E-state index contributed by atoms with van der Waals surface area (Å²) in [5.41, 5.74) is 0.604. The van der Waals surface area contributed by atoms with E-state index in [4.69, 9.17) is 9.15 Å². The molecule has 122 valence electrons. The second kappa shape index (κ2) is 6.28. The van der Waals surface area contributed by atoms with E-state index in [1.807, 2.05) is 13.1 Å². The predicted octanol–water partition coefficient (Wildman–Crippen LogP) is 1.46. The Kier molecular flexibility index (Phi) is 4.18. The predicted molar refractivity (Wildman–Crippen MR) is 82.8 cm³/mol. The Morgan fingerprint density at radius 1 is 1.57 bits per heavy atom. The summed E-state index contributed by atoms with van der Waals surface area (Å²) in [6, 6.07) is 1.14. The van der Waals surface area contributed by atoms with E-state index in [0.717, 1.165) is 43.2 Å². The van der Waals surface area contributed by atoms with E-state index in [0.29, 0.717) is 6.54 Å². The van der Waals surface area contributed by atoms with Crippen molar-refractivity contribution in [3.63, 3.8) is 0 Å². The Morgan fingerprint density at radius 2 is 2.39 bits per heavy atom. The van der Waals surface area contributed by atoms with Gasteiger partial charge < -0.3 is 19.0 Å². The van der Waals surface area contributed by atoms with E-state index in [9.17, 15) is 9.59 Å². The summed E-state index contributed by atoms with van der Waals surface area (Å²) in [4.78, 5) is 28.4. The first-order chi connectivity index (χ1) is 11.1. The van der Waals surface area contributed by atoms with Crippen LogP contribution in [0.4, 0.5) is 0 Å². The van der Waals surface area contributed by atoms with E-state index < -0.39 is 5.91 Å². The van der Waals surface area contributed by atoms with Gasteiger partial charge in [0, 0.05) is 31.3 Å². The second-order valence-corrected chi connectivity index (χ2v) is 5.66. The molecule has 0 aliphatic carbocycles. The summed E-state index contributed by atoms with van der Waals surface area (Å²) < 4.78 is 12.1. The van der Waals surface area contributed by atoms with Crippen LogP contribution in [0.1, 0.15) is 40.8 Å². The molecule has 0 aromatic carbocycles. The summed E-state index contributed by atoms with van der Waals surface area (Å²) in [6.07, 6.45) is 5.21. The van der Waals surface area contributed by atoms with Crippen molar-refractivity contribution in [1.29, 1.82) is 0 Å². The van der Waals surface area contributed by atoms with Crippen molar-refractivity contribution in [1.82, 2.24) is 14.9 Å². The molecule has 2 aromatic rings. The maximum Gasteiger partial charge on any atom is 0.287 e. The first-order valence-electron chi connectivity index (χ1n) is 7.57. The second-order valence-electron chi connectivity index (χ2n) is 5.66. The first-order valence-corrected chi connectivity index (χ1v) is 7.57. The van der Waals surface area contributed by atoms with Crippen molar-refractivity contribution >= 4 is 5.91 Å². The number of hydrogen-bond donors (Lipinski definition) is 1. The third-order valence-corrected chi connectivity index (χ3v) is 4.00. The zero-order chi connectivity index (χ0) is 16.4. The molecule has 1 amide bonds. The quantitative estimate of drug-likeness (QED) is 0.922. The number of hydrogen-bond acceptors (Lipinski definition) is 5. The third-order valence-electron chi connectivity index (χ3n) is 4.00. The fraction of sp³-hybridized carbons (Fsp3) is 0.438. The molecule has 3 heterocycles. The highest BCUT2D eigenvalue weighted by molar-refractivity contribution is 5.91. The molecular formula is C16H19N3O4. The highest BCUT2D eigenvalue weighted by Gasteiger charge is 2.23. The molecule has 0 bridgehead atoms. The van der Waals surface area contributed by atoms with Gasteiger partial charge >= 0.3 is 0 Å². The number of aromatic nitrogens is 2. The van der Waals surface area contributed by atoms with Crippen LogP contribution in [-0.4, -0.2) is 29.1 Å². The molecule has 2 aromatic heterocycles. The van der Waals surface area contributed by atoms with Crippen molar-refractivity contribution in [3.05, 3.63) is 46.0 Å². The van der Waals surface area contributed by atoms with Crippen LogP contribution >= 0.6 is 0 Å². The number of ether oxygens (including phenoxy) is 1. The lowest BCUT2D eigenvalue weighted by Gasteiger charge is -2.23. The molecule has 1 aliphatic rings. The molecular weight excluding hydrogens is 298 g/mol. The van der Waals surface area contributed by atoms with Crippen molar-refractivity contribution in [2.45, 2.75) is 32.2 Å². The highest BCUT2D eigenvalue weighted by Crippen LogP contribution is 2.26. The van der Waals surface area contributed by atoms with Crippen LogP contribution in [0.5, 0.6) is 5.75 Å². The number of fused-ring (bicyclic) bond motifs is 1. The number of nitrogens with zero attached hydrogens (tertiary/aromatic N) is 2. The fourth-order valence-electron chi connectivity index (χ4n) is 2.87. The average molecular weight is 317 g/mol. The van der Waals surface area contributed by atoms with Crippen LogP contribution in [-0.2, 0) is 6.54 Å². The normalized spacial score (nSPS) is 16.7. The van der Waals surface area contributed by atoms with E-state index in [2.05, 4.69) is 14.9 Å². The molecule has 1 aliphatic heterocycles. The molecule has 0 fully saturated rings. The van der Waals surface area contributed by atoms with Crippen LogP contribution in [0.15, 0.2) is 27.7 Å². The van der Waals surface area contributed by atoms with E-state index >= 15 is 0 Å². The van der Waals surface area contributed by atoms with Gasteiger partial charge in [0.2, 0.25) is 11.2 Å². The third kappa shape index (κ3) is 3.13. The van der Waals surface area contributed by atoms with E-state index in [1.54, 1.807) is 0 Å². The van der Waals surface area contributed by atoms with Crippen LogP contribution < -0.4 is 15.5 Å². The number of methoxy groups -OCH3 is 1. The topological polar surface area (TPSA) is 86.4 Å². The van der Waals surface area contributed by atoms with Gasteiger partial charge in [-0.25, -0.2) is 4.98 Å². The van der Waals surface area contributed by atoms with Gasteiger partial charge in [-0.3, -0.25) is 9.59 Å². The van der Waals surface area contributed by atoms with Gasteiger partial charge in [-0.05, 0) is 19.8 Å². The molecule has 1 atom stereocenters. The van der Waals surface area contributed by atoms with Gasteiger partial charge in [0.05, 0.1) is 12.8 Å². The molecule has 3 rings (SSSR count). The minimum Gasteiger partial charge on any atom is -0.490 e. The van der Waals surface area contributed by atoms with Crippen molar-refractivity contribution in [2.24, 2.45) is 0 Å². The van der Waals surface area contributed by atoms with Crippen LogP contribution in [0.2, 0.25) is 0 Å². The van der Waals surface area contributed by atoms with Gasteiger partial charge in [-0.15, -0.1) is 0 Å². The molecule has 0 saturated heterocycles. The Labute approximate surface area is 133 Å². The maximum atomic E-state index is 12.1.